The smallest absolute Gasteiger partial charge is 0.403 e. The molecule has 1 atom stereocenters. The molecule has 4 aromatic rings. The number of carbonyl (C=O) groups excluding carboxylic acids is 1. The number of carbonyl (C=O) groups is 1. The van der Waals surface area contributed by atoms with Crippen LogP contribution in [0.1, 0.15) is 16.7 Å². The molecule has 6 rings (SSSR count). The highest BCUT2D eigenvalue weighted by atomic mass is 19.4. The molecule has 204 valence electrons. The molecule has 9 nitrogen and oxygen atoms in total. The first-order valence-electron chi connectivity index (χ1n) is 12.5. The lowest BCUT2D eigenvalue weighted by Crippen LogP contribution is -2.36. The second-order valence-electron chi connectivity index (χ2n) is 9.17. The maximum atomic E-state index is 13.5. The molecule has 0 unspecified atom stereocenters. The molecule has 1 fully saturated rings. The van der Waals surface area contributed by atoms with Gasteiger partial charge in [0.1, 0.15) is 0 Å². The first-order chi connectivity index (χ1) is 19.4. The number of fused-ring (bicyclic) bond motifs is 1. The van der Waals surface area contributed by atoms with E-state index < -0.39 is 23.8 Å². The van der Waals surface area contributed by atoms with E-state index in [1.165, 1.54) is 6.07 Å². The number of benzodiazepines with no additional fused rings is 1. The topological polar surface area (TPSA) is 105 Å². The maximum absolute atomic E-state index is 13.5. The summed E-state index contributed by atoms with van der Waals surface area (Å²) >= 11 is 0. The Kier molecular flexibility index (Phi) is 6.68. The van der Waals surface area contributed by atoms with Crippen molar-refractivity contribution in [2.45, 2.75) is 12.3 Å². The molecular weight excluding hydrogens is 525 g/mol. The van der Waals surface area contributed by atoms with Crippen LogP contribution in [0, 0.1) is 0 Å². The van der Waals surface area contributed by atoms with E-state index in [0.29, 0.717) is 49.0 Å². The largest absolute Gasteiger partial charge is 0.416 e. The van der Waals surface area contributed by atoms with Crippen LogP contribution >= 0.6 is 0 Å². The van der Waals surface area contributed by atoms with E-state index in [1.807, 2.05) is 48.5 Å². The zero-order valence-electron chi connectivity index (χ0n) is 21.0. The summed E-state index contributed by atoms with van der Waals surface area (Å²) in [4.78, 5) is 19.6. The predicted molar refractivity (Wildman–Crippen MR) is 142 cm³/mol. The lowest BCUT2D eigenvalue weighted by molar-refractivity contribution is -0.137. The molecule has 12 heteroatoms. The van der Waals surface area contributed by atoms with Gasteiger partial charge in [-0.25, -0.2) is 4.99 Å². The van der Waals surface area contributed by atoms with E-state index in [1.54, 1.807) is 11.0 Å². The van der Waals surface area contributed by atoms with Crippen molar-refractivity contribution >= 4 is 29.0 Å². The zero-order chi connectivity index (χ0) is 27.7. The second kappa shape index (κ2) is 10.5. The van der Waals surface area contributed by atoms with Gasteiger partial charge in [-0.05, 0) is 24.3 Å². The summed E-state index contributed by atoms with van der Waals surface area (Å²) in [6.07, 6.45) is -5.64. The summed E-state index contributed by atoms with van der Waals surface area (Å²) in [6, 6.07) is 20.0. The van der Waals surface area contributed by atoms with Crippen LogP contribution in [-0.2, 0) is 15.7 Å². The molecule has 2 aliphatic heterocycles. The molecule has 0 spiro atoms. The number of amides is 1. The number of morpholine rings is 1. The first kappa shape index (κ1) is 25.6. The Morgan fingerprint density at radius 3 is 2.45 bits per heavy atom. The predicted octanol–water partition coefficient (Wildman–Crippen LogP) is 4.82. The number of para-hydroxylation sites is 1. The molecular formula is C28H23F3N6O3. The minimum atomic E-state index is -4.51. The fourth-order valence-electron chi connectivity index (χ4n) is 4.64. The molecule has 1 amide bonds. The molecule has 0 radical (unpaired) electrons. The molecule has 3 aromatic carbocycles. The number of nitrogens with one attached hydrogen (secondary N) is 2. The fraction of sp³-hybridized carbons (Fsp3) is 0.214. The Morgan fingerprint density at radius 2 is 1.68 bits per heavy atom. The summed E-state index contributed by atoms with van der Waals surface area (Å²) in [5, 5.41) is 13.8. The summed E-state index contributed by atoms with van der Waals surface area (Å²) in [5.74, 6) is -0.441. The average Bonchev–Trinajstić information content (AvgIpc) is 3.38. The number of hydrogen-bond donors (Lipinski definition) is 2. The van der Waals surface area contributed by atoms with Crippen molar-refractivity contribution < 1.29 is 27.1 Å². The first-order valence-corrected chi connectivity index (χ1v) is 12.5. The Bertz CT molecular complexity index is 1570. The van der Waals surface area contributed by atoms with Gasteiger partial charge in [-0.15, -0.1) is 5.10 Å². The monoisotopic (exact) mass is 548 g/mol. The molecule has 1 aromatic heterocycles. The van der Waals surface area contributed by atoms with E-state index in [4.69, 9.17) is 14.1 Å². The highest BCUT2D eigenvalue weighted by Crippen LogP contribution is 2.38. The normalized spacial score (nSPS) is 17.5. The van der Waals surface area contributed by atoms with Gasteiger partial charge in [-0.1, -0.05) is 53.6 Å². The Hall–Kier alpha value is -4.71. The fourth-order valence-corrected chi connectivity index (χ4v) is 4.64. The molecule has 2 N–H and O–H groups in total. The van der Waals surface area contributed by atoms with Crippen LogP contribution in [0.3, 0.4) is 0 Å². The van der Waals surface area contributed by atoms with Gasteiger partial charge in [0, 0.05) is 24.2 Å². The van der Waals surface area contributed by atoms with E-state index >= 15 is 0 Å². The van der Waals surface area contributed by atoms with Crippen LogP contribution in [-0.4, -0.2) is 54.3 Å². The van der Waals surface area contributed by atoms with E-state index in [9.17, 15) is 18.0 Å². The zero-order valence-corrected chi connectivity index (χ0v) is 21.0. The van der Waals surface area contributed by atoms with Crippen LogP contribution in [0.2, 0.25) is 0 Å². The summed E-state index contributed by atoms with van der Waals surface area (Å²) in [5.41, 5.74) is 2.60. The summed E-state index contributed by atoms with van der Waals surface area (Å²) in [7, 11) is 0. The van der Waals surface area contributed by atoms with Gasteiger partial charge in [0.25, 0.3) is 11.8 Å². The number of halogens is 3. The maximum Gasteiger partial charge on any atom is 0.416 e. The number of anilines is 3. The third-order valence-electron chi connectivity index (χ3n) is 6.59. The van der Waals surface area contributed by atoms with Crippen molar-refractivity contribution in [2.24, 2.45) is 4.99 Å². The molecule has 3 heterocycles. The van der Waals surface area contributed by atoms with Gasteiger partial charge >= 0.3 is 12.2 Å². The lowest BCUT2D eigenvalue weighted by Gasteiger charge is -2.30. The van der Waals surface area contributed by atoms with Crippen LogP contribution < -0.4 is 15.5 Å². The number of rotatable bonds is 5. The Balaban J connectivity index is 1.34. The number of aromatic nitrogens is 2. The van der Waals surface area contributed by atoms with Gasteiger partial charge in [0.15, 0.2) is 0 Å². The average molecular weight is 549 g/mol. The second-order valence-corrected chi connectivity index (χ2v) is 9.17. The highest BCUT2D eigenvalue weighted by Gasteiger charge is 2.33. The van der Waals surface area contributed by atoms with Gasteiger partial charge in [-0.3, -0.25) is 4.79 Å². The number of aliphatic imine (C=N–C) groups is 1. The minimum Gasteiger partial charge on any atom is -0.403 e. The highest BCUT2D eigenvalue weighted by molar-refractivity contribution is 6.19. The van der Waals surface area contributed by atoms with E-state index in [-0.39, 0.29) is 11.9 Å². The molecule has 1 saturated heterocycles. The van der Waals surface area contributed by atoms with Crippen molar-refractivity contribution in [1.82, 2.24) is 10.2 Å². The lowest BCUT2D eigenvalue weighted by atomic mass is 10.0. The van der Waals surface area contributed by atoms with E-state index in [2.05, 4.69) is 20.8 Å². The molecule has 0 bridgehead atoms. The van der Waals surface area contributed by atoms with Crippen LogP contribution in [0.15, 0.2) is 82.2 Å². The van der Waals surface area contributed by atoms with Gasteiger partial charge in [0.2, 0.25) is 6.17 Å². The van der Waals surface area contributed by atoms with Crippen LogP contribution in [0.25, 0.3) is 11.5 Å². The standard InChI is InChI=1S/C28H23F3N6O3/c29-28(30,31)18-10-11-20(22(16-18)37-12-14-39-15-13-37)26-35-36-27(40-26)34-24-25(38)32-21-9-5-4-8-19(21)23(33-24)17-6-2-1-3-7-17/h1-11,16,24H,12-15H2,(H,32,38)(H,34,36)/t24-/m1/s1. The van der Waals surface area contributed by atoms with Crippen molar-refractivity contribution in [2.75, 3.05) is 41.8 Å². The van der Waals surface area contributed by atoms with Crippen molar-refractivity contribution in [3.8, 4) is 11.5 Å². The van der Waals surface area contributed by atoms with Gasteiger partial charge < -0.3 is 24.7 Å². The number of hydrogen-bond acceptors (Lipinski definition) is 8. The van der Waals surface area contributed by atoms with Gasteiger partial charge in [0.05, 0.1) is 41.4 Å². The minimum absolute atomic E-state index is 0.00212. The number of nitrogens with zero attached hydrogens (tertiary/aromatic N) is 4. The number of alkyl halides is 3. The van der Waals surface area contributed by atoms with Crippen LogP contribution in [0.4, 0.5) is 30.6 Å². The Labute approximate surface area is 226 Å². The van der Waals surface area contributed by atoms with Crippen LogP contribution in [0.5, 0.6) is 0 Å². The Morgan fingerprint density at radius 1 is 0.925 bits per heavy atom. The molecule has 40 heavy (non-hydrogen) atoms. The molecule has 0 aliphatic carbocycles. The third kappa shape index (κ3) is 5.13. The number of ether oxygens (including phenoxy) is 1. The van der Waals surface area contributed by atoms with Crippen molar-refractivity contribution in [3.63, 3.8) is 0 Å². The van der Waals surface area contributed by atoms with Crippen molar-refractivity contribution in [1.29, 1.82) is 0 Å². The quantitative estimate of drug-likeness (QED) is 0.369. The van der Waals surface area contributed by atoms with Crippen molar-refractivity contribution in [3.05, 3.63) is 89.5 Å². The van der Waals surface area contributed by atoms with Gasteiger partial charge in [-0.2, -0.15) is 13.2 Å². The van der Waals surface area contributed by atoms with E-state index in [0.717, 1.165) is 23.3 Å². The molecule has 2 aliphatic rings. The molecule has 0 saturated carbocycles. The summed E-state index contributed by atoms with van der Waals surface area (Å²) in [6.45, 7) is 1.58. The number of benzene rings is 3. The summed E-state index contributed by atoms with van der Waals surface area (Å²) < 4.78 is 51.7. The third-order valence-corrected chi connectivity index (χ3v) is 6.59. The SMILES string of the molecule is O=C1Nc2ccccc2C(c2ccccc2)=N[C@@H]1Nc1nnc(-c2ccc(C(F)(F)F)cc2N2CCOCC2)o1.